The summed E-state index contributed by atoms with van der Waals surface area (Å²) in [5.41, 5.74) is 1.62. The number of para-hydroxylation sites is 1. The van der Waals surface area contributed by atoms with Crippen molar-refractivity contribution in [1.29, 1.82) is 0 Å². The number of ether oxygens (including phenoxy) is 1. The van der Waals surface area contributed by atoms with Crippen molar-refractivity contribution in [1.82, 2.24) is 5.32 Å². The van der Waals surface area contributed by atoms with E-state index in [1.165, 1.54) is 5.56 Å². The number of carbonyl (C=O) groups is 1. The van der Waals surface area contributed by atoms with Crippen molar-refractivity contribution in [2.75, 3.05) is 23.7 Å². The molecule has 0 saturated carbocycles. The van der Waals surface area contributed by atoms with Crippen LogP contribution in [0.4, 0.5) is 5.69 Å². The second-order valence-electron chi connectivity index (χ2n) is 7.95. The molecule has 33 heavy (non-hydrogen) atoms. The number of nitrogens with zero attached hydrogens (tertiary/aromatic N) is 1. The molecule has 1 amide bonds. The van der Waals surface area contributed by atoms with Gasteiger partial charge in [-0.2, -0.15) is 0 Å². The lowest BCUT2D eigenvalue weighted by atomic mass is 9.97. The fourth-order valence-electron chi connectivity index (χ4n) is 3.46. The molecule has 0 saturated heterocycles. The lowest BCUT2D eigenvalue weighted by Crippen LogP contribution is -2.41. The minimum atomic E-state index is -3.65. The molecule has 0 aliphatic rings. The van der Waals surface area contributed by atoms with Crippen LogP contribution < -0.4 is 14.4 Å². The molecule has 1 atom stereocenters. The summed E-state index contributed by atoms with van der Waals surface area (Å²) < 4.78 is 31.6. The van der Waals surface area contributed by atoms with E-state index in [1.807, 2.05) is 48.5 Å². The van der Waals surface area contributed by atoms with Crippen LogP contribution in [0.3, 0.4) is 0 Å². The monoisotopic (exact) mass is 466 g/mol. The third kappa shape index (κ3) is 7.64. The summed E-state index contributed by atoms with van der Waals surface area (Å²) in [4.78, 5) is 12.6. The van der Waals surface area contributed by atoms with Crippen LogP contribution in [0.15, 0.2) is 84.9 Å². The van der Waals surface area contributed by atoms with Crippen LogP contribution in [-0.2, 0) is 21.2 Å². The Morgan fingerprint density at radius 2 is 1.48 bits per heavy atom. The van der Waals surface area contributed by atoms with E-state index in [1.54, 1.807) is 24.3 Å². The Balaban J connectivity index is 1.61. The van der Waals surface area contributed by atoms with Gasteiger partial charge in [0.25, 0.3) is 0 Å². The molecule has 3 aromatic carbocycles. The zero-order chi connectivity index (χ0) is 23.7. The van der Waals surface area contributed by atoms with E-state index < -0.39 is 10.0 Å². The molecule has 3 aromatic rings. The molecule has 0 spiro atoms. The van der Waals surface area contributed by atoms with Gasteiger partial charge in [0.15, 0.2) is 0 Å². The Bertz CT molecular complexity index is 1120. The molecular weight excluding hydrogens is 436 g/mol. The van der Waals surface area contributed by atoms with Gasteiger partial charge in [0.2, 0.25) is 15.9 Å². The van der Waals surface area contributed by atoms with Crippen LogP contribution >= 0.6 is 0 Å². The van der Waals surface area contributed by atoms with Gasteiger partial charge in [-0.3, -0.25) is 9.10 Å². The highest BCUT2D eigenvalue weighted by atomic mass is 32.2. The molecule has 0 aliphatic heterocycles. The lowest BCUT2D eigenvalue weighted by molar-refractivity contribution is -0.119. The van der Waals surface area contributed by atoms with Crippen LogP contribution in [0.25, 0.3) is 0 Å². The van der Waals surface area contributed by atoms with E-state index in [9.17, 15) is 13.2 Å². The summed E-state index contributed by atoms with van der Waals surface area (Å²) in [6.07, 6.45) is 2.86. The number of carbonyl (C=O) groups excluding carboxylic acids is 1. The SMILES string of the molecule is CCC(CNC(=O)CN(c1ccc(Oc2ccccc2)cc1)S(C)(=O)=O)Cc1ccccc1. The average Bonchev–Trinajstić information content (AvgIpc) is 2.81. The summed E-state index contributed by atoms with van der Waals surface area (Å²) in [6, 6.07) is 26.1. The van der Waals surface area contributed by atoms with Crippen LogP contribution in [0.5, 0.6) is 11.5 Å². The van der Waals surface area contributed by atoms with E-state index >= 15 is 0 Å². The zero-order valence-electron chi connectivity index (χ0n) is 19.0. The van der Waals surface area contributed by atoms with Crippen molar-refractivity contribution in [2.45, 2.75) is 19.8 Å². The van der Waals surface area contributed by atoms with Gasteiger partial charge in [-0.1, -0.05) is 61.9 Å². The van der Waals surface area contributed by atoms with Gasteiger partial charge < -0.3 is 10.1 Å². The first-order valence-corrected chi connectivity index (χ1v) is 12.8. The van der Waals surface area contributed by atoms with Crippen molar-refractivity contribution in [3.8, 4) is 11.5 Å². The third-order valence-electron chi connectivity index (χ3n) is 5.32. The number of hydrogen-bond acceptors (Lipinski definition) is 4. The van der Waals surface area contributed by atoms with E-state index in [0.29, 0.717) is 23.7 Å². The van der Waals surface area contributed by atoms with Crippen LogP contribution in [0.1, 0.15) is 18.9 Å². The molecule has 0 aromatic heterocycles. The van der Waals surface area contributed by atoms with Crippen LogP contribution in [0, 0.1) is 5.92 Å². The number of sulfonamides is 1. The van der Waals surface area contributed by atoms with Gasteiger partial charge >= 0.3 is 0 Å². The van der Waals surface area contributed by atoms with Crippen molar-refractivity contribution >= 4 is 21.6 Å². The van der Waals surface area contributed by atoms with Crippen molar-refractivity contribution in [3.63, 3.8) is 0 Å². The Morgan fingerprint density at radius 3 is 2.06 bits per heavy atom. The van der Waals surface area contributed by atoms with E-state index in [0.717, 1.165) is 23.4 Å². The molecule has 0 heterocycles. The molecule has 0 bridgehead atoms. The summed E-state index contributed by atoms with van der Waals surface area (Å²) in [7, 11) is -3.65. The molecule has 7 heteroatoms. The van der Waals surface area contributed by atoms with Gasteiger partial charge in [0, 0.05) is 6.54 Å². The first kappa shape index (κ1) is 24.3. The maximum absolute atomic E-state index is 12.6. The zero-order valence-corrected chi connectivity index (χ0v) is 19.8. The molecule has 3 rings (SSSR count). The third-order valence-corrected chi connectivity index (χ3v) is 6.46. The fraction of sp³-hybridized carbons (Fsp3) is 0.269. The second-order valence-corrected chi connectivity index (χ2v) is 9.85. The summed E-state index contributed by atoms with van der Waals surface area (Å²) in [5.74, 6) is 1.20. The average molecular weight is 467 g/mol. The lowest BCUT2D eigenvalue weighted by Gasteiger charge is -2.23. The molecule has 6 nitrogen and oxygen atoms in total. The highest BCUT2D eigenvalue weighted by Gasteiger charge is 2.21. The number of amides is 1. The highest BCUT2D eigenvalue weighted by molar-refractivity contribution is 7.92. The highest BCUT2D eigenvalue weighted by Crippen LogP contribution is 2.25. The number of benzene rings is 3. The molecule has 1 unspecified atom stereocenters. The Labute approximate surface area is 196 Å². The number of nitrogens with one attached hydrogen (secondary N) is 1. The van der Waals surface area contributed by atoms with Crippen LogP contribution in [-0.4, -0.2) is 33.7 Å². The van der Waals surface area contributed by atoms with E-state index in [-0.39, 0.29) is 18.4 Å². The molecule has 0 aliphatic carbocycles. The topological polar surface area (TPSA) is 75.7 Å². The molecule has 174 valence electrons. The van der Waals surface area contributed by atoms with Crippen molar-refractivity contribution in [2.24, 2.45) is 5.92 Å². The standard InChI is InChI=1S/C26H30N2O4S/c1-3-21(18-22-10-6-4-7-11-22)19-27-26(29)20-28(33(2,30)31)23-14-16-25(17-15-23)32-24-12-8-5-9-13-24/h4-17,21H,3,18-20H2,1-2H3,(H,27,29). The van der Waals surface area contributed by atoms with Gasteiger partial charge in [-0.15, -0.1) is 0 Å². The minimum Gasteiger partial charge on any atom is -0.457 e. The van der Waals surface area contributed by atoms with Gasteiger partial charge in [-0.05, 0) is 54.3 Å². The minimum absolute atomic E-state index is 0.275. The Hall–Kier alpha value is -3.32. The van der Waals surface area contributed by atoms with Crippen molar-refractivity contribution < 1.29 is 17.9 Å². The van der Waals surface area contributed by atoms with Gasteiger partial charge in [-0.25, -0.2) is 8.42 Å². The molecule has 1 N–H and O–H groups in total. The smallest absolute Gasteiger partial charge is 0.240 e. The van der Waals surface area contributed by atoms with Crippen LogP contribution in [0.2, 0.25) is 0 Å². The van der Waals surface area contributed by atoms with Gasteiger partial charge in [0.05, 0.1) is 11.9 Å². The maximum Gasteiger partial charge on any atom is 0.240 e. The largest absolute Gasteiger partial charge is 0.457 e. The normalized spacial score (nSPS) is 12.1. The van der Waals surface area contributed by atoms with E-state index in [2.05, 4.69) is 24.4 Å². The summed E-state index contributed by atoms with van der Waals surface area (Å²) in [6.45, 7) is 2.30. The number of rotatable bonds is 11. The van der Waals surface area contributed by atoms with Gasteiger partial charge in [0.1, 0.15) is 18.0 Å². The first-order valence-electron chi connectivity index (χ1n) is 11.0. The molecular formula is C26H30N2O4S. The summed E-state index contributed by atoms with van der Waals surface area (Å²) in [5, 5.41) is 2.90. The predicted molar refractivity (Wildman–Crippen MR) is 132 cm³/mol. The first-order chi connectivity index (χ1) is 15.8. The second kappa shape index (κ2) is 11.5. The Morgan fingerprint density at radius 1 is 0.909 bits per heavy atom. The van der Waals surface area contributed by atoms with Crippen molar-refractivity contribution in [3.05, 3.63) is 90.5 Å². The van der Waals surface area contributed by atoms with E-state index in [4.69, 9.17) is 4.74 Å². The Kier molecular flexibility index (Phi) is 8.49. The number of hydrogen-bond donors (Lipinski definition) is 1. The quantitative estimate of drug-likeness (QED) is 0.447. The summed E-state index contributed by atoms with van der Waals surface area (Å²) >= 11 is 0. The predicted octanol–water partition coefficient (Wildman–Crippen LogP) is 4.63. The number of anilines is 1. The molecule has 0 radical (unpaired) electrons. The molecule has 0 fully saturated rings. The maximum atomic E-state index is 12.6. The fourth-order valence-corrected chi connectivity index (χ4v) is 4.31.